The largest absolute Gasteiger partial charge is 0.489 e. The van der Waals surface area contributed by atoms with Gasteiger partial charge in [0.25, 0.3) is 0 Å². The average molecular weight is 324 g/mol. The molecule has 0 aromatic heterocycles. The lowest BCUT2D eigenvalue weighted by molar-refractivity contribution is 0.240. The summed E-state index contributed by atoms with van der Waals surface area (Å²) >= 11 is 0. The second kappa shape index (κ2) is 9.40. The van der Waals surface area contributed by atoms with Crippen molar-refractivity contribution in [3.63, 3.8) is 0 Å². The van der Waals surface area contributed by atoms with E-state index in [1.807, 2.05) is 30.3 Å². The minimum Gasteiger partial charge on any atom is -0.489 e. The number of para-hydroxylation sites is 1. The van der Waals surface area contributed by atoms with E-state index in [4.69, 9.17) is 4.74 Å². The van der Waals surface area contributed by atoms with E-state index in [-0.39, 0.29) is 6.03 Å². The summed E-state index contributed by atoms with van der Waals surface area (Å²) < 4.78 is 5.58. The number of hydrogen-bond donors (Lipinski definition) is 2. The Hall–Kier alpha value is -2.75. The molecule has 4 nitrogen and oxygen atoms in total. The third-order valence-electron chi connectivity index (χ3n) is 3.55. The molecule has 0 bridgehead atoms. The fraction of sp³-hybridized carbons (Fsp3) is 0.250. The normalized spacial score (nSPS) is 10.0. The second-order valence-electron chi connectivity index (χ2n) is 5.56. The van der Waals surface area contributed by atoms with Gasteiger partial charge < -0.3 is 15.4 Å². The maximum atomic E-state index is 11.9. The molecule has 0 fully saturated rings. The third kappa shape index (κ3) is 5.80. The molecule has 0 saturated heterocycles. The van der Waals surface area contributed by atoms with E-state index in [9.17, 15) is 4.79 Å². The molecule has 2 aromatic carbocycles. The molecule has 2 rings (SSSR count). The highest BCUT2D eigenvalue weighted by molar-refractivity contribution is 5.73. The number of carbonyl (C=O) groups excluding carboxylic acids is 1. The summed E-state index contributed by atoms with van der Waals surface area (Å²) in [6.45, 7) is 7.17. The standard InChI is InChI=1S/C20H24N2O2/c1-3-13-24-19-10-5-4-9-18(19)15-22-20(23)21-12-11-17-8-6-7-16(2)14-17/h3-10,14H,1,11-13,15H2,2H3,(H2,21,22,23). The van der Waals surface area contributed by atoms with Crippen LogP contribution in [0.5, 0.6) is 5.75 Å². The maximum absolute atomic E-state index is 11.9. The van der Waals surface area contributed by atoms with Crippen molar-refractivity contribution in [3.05, 3.63) is 77.9 Å². The fourth-order valence-electron chi connectivity index (χ4n) is 2.37. The van der Waals surface area contributed by atoms with Gasteiger partial charge in [0.15, 0.2) is 0 Å². The van der Waals surface area contributed by atoms with E-state index in [2.05, 4.69) is 42.3 Å². The minimum absolute atomic E-state index is 0.179. The van der Waals surface area contributed by atoms with Crippen LogP contribution in [0.25, 0.3) is 0 Å². The Balaban J connectivity index is 1.76. The van der Waals surface area contributed by atoms with Gasteiger partial charge in [-0.05, 0) is 25.0 Å². The summed E-state index contributed by atoms with van der Waals surface area (Å²) in [6.07, 6.45) is 2.51. The van der Waals surface area contributed by atoms with Gasteiger partial charge in [0.1, 0.15) is 12.4 Å². The van der Waals surface area contributed by atoms with Crippen LogP contribution in [-0.2, 0) is 13.0 Å². The van der Waals surface area contributed by atoms with Crippen LogP contribution in [0, 0.1) is 6.92 Å². The van der Waals surface area contributed by atoms with Crippen LogP contribution in [0.4, 0.5) is 4.79 Å². The number of aryl methyl sites for hydroxylation is 1. The summed E-state index contributed by atoms with van der Waals surface area (Å²) in [7, 11) is 0. The number of carbonyl (C=O) groups is 1. The average Bonchev–Trinajstić information content (AvgIpc) is 2.59. The number of amides is 2. The molecule has 126 valence electrons. The molecule has 24 heavy (non-hydrogen) atoms. The van der Waals surface area contributed by atoms with Gasteiger partial charge in [-0.2, -0.15) is 0 Å². The Morgan fingerprint density at radius 1 is 1.17 bits per heavy atom. The smallest absolute Gasteiger partial charge is 0.315 e. The zero-order chi connectivity index (χ0) is 17.2. The third-order valence-corrected chi connectivity index (χ3v) is 3.55. The van der Waals surface area contributed by atoms with E-state index in [1.165, 1.54) is 11.1 Å². The Kier molecular flexibility index (Phi) is 6.90. The van der Waals surface area contributed by atoms with Gasteiger partial charge in [0.2, 0.25) is 0 Å². The lowest BCUT2D eigenvalue weighted by Crippen LogP contribution is -2.36. The van der Waals surface area contributed by atoms with Crippen molar-refractivity contribution in [2.75, 3.05) is 13.2 Å². The molecule has 2 N–H and O–H groups in total. The molecule has 0 heterocycles. The van der Waals surface area contributed by atoms with Gasteiger partial charge in [-0.3, -0.25) is 0 Å². The Morgan fingerprint density at radius 2 is 2.00 bits per heavy atom. The quantitative estimate of drug-likeness (QED) is 0.729. The highest BCUT2D eigenvalue weighted by Crippen LogP contribution is 2.17. The van der Waals surface area contributed by atoms with Crippen LogP contribution in [-0.4, -0.2) is 19.2 Å². The summed E-state index contributed by atoms with van der Waals surface area (Å²) in [6, 6.07) is 15.8. The van der Waals surface area contributed by atoms with E-state index in [0.717, 1.165) is 17.7 Å². The summed E-state index contributed by atoms with van der Waals surface area (Å²) in [5.74, 6) is 0.762. The Morgan fingerprint density at radius 3 is 2.79 bits per heavy atom. The fourth-order valence-corrected chi connectivity index (χ4v) is 2.37. The first-order valence-electron chi connectivity index (χ1n) is 8.08. The molecule has 0 saturated carbocycles. The van der Waals surface area contributed by atoms with E-state index >= 15 is 0 Å². The number of rotatable bonds is 8. The number of urea groups is 1. The summed E-state index contributed by atoms with van der Waals surface area (Å²) in [4.78, 5) is 11.9. The first-order valence-corrected chi connectivity index (χ1v) is 8.08. The van der Waals surface area contributed by atoms with Crippen molar-refractivity contribution in [1.82, 2.24) is 10.6 Å². The van der Waals surface area contributed by atoms with Gasteiger partial charge in [-0.25, -0.2) is 4.79 Å². The maximum Gasteiger partial charge on any atom is 0.315 e. The van der Waals surface area contributed by atoms with Gasteiger partial charge in [0.05, 0.1) is 0 Å². The van der Waals surface area contributed by atoms with Crippen molar-refractivity contribution in [2.24, 2.45) is 0 Å². The Bertz CT molecular complexity index is 683. The summed E-state index contributed by atoms with van der Waals surface area (Å²) in [5.41, 5.74) is 3.39. The predicted molar refractivity (Wildman–Crippen MR) is 97.3 cm³/mol. The highest BCUT2D eigenvalue weighted by atomic mass is 16.5. The van der Waals surface area contributed by atoms with Crippen LogP contribution < -0.4 is 15.4 Å². The SMILES string of the molecule is C=CCOc1ccccc1CNC(=O)NCCc1cccc(C)c1. The molecule has 2 amide bonds. The number of nitrogens with one attached hydrogen (secondary N) is 2. The molecule has 0 aliphatic heterocycles. The molecular formula is C20H24N2O2. The first-order chi connectivity index (χ1) is 11.7. The van der Waals surface area contributed by atoms with E-state index in [0.29, 0.717) is 19.7 Å². The molecule has 0 aliphatic rings. The first kappa shape index (κ1) is 17.6. The highest BCUT2D eigenvalue weighted by Gasteiger charge is 2.05. The lowest BCUT2D eigenvalue weighted by atomic mass is 10.1. The zero-order valence-corrected chi connectivity index (χ0v) is 14.0. The van der Waals surface area contributed by atoms with E-state index in [1.54, 1.807) is 6.08 Å². The van der Waals surface area contributed by atoms with Crippen LogP contribution >= 0.6 is 0 Å². The molecule has 0 radical (unpaired) electrons. The number of ether oxygens (including phenoxy) is 1. The van der Waals surface area contributed by atoms with Crippen LogP contribution in [0.2, 0.25) is 0 Å². The van der Waals surface area contributed by atoms with Crippen molar-refractivity contribution in [2.45, 2.75) is 19.9 Å². The van der Waals surface area contributed by atoms with Crippen LogP contribution in [0.1, 0.15) is 16.7 Å². The molecule has 0 unspecified atom stereocenters. The molecule has 4 heteroatoms. The summed E-state index contributed by atoms with van der Waals surface area (Å²) in [5, 5.41) is 5.73. The zero-order valence-electron chi connectivity index (χ0n) is 14.0. The van der Waals surface area contributed by atoms with Crippen LogP contribution in [0.15, 0.2) is 61.2 Å². The topological polar surface area (TPSA) is 50.4 Å². The molecule has 2 aromatic rings. The van der Waals surface area contributed by atoms with Gasteiger partial charge in [-0.1, -0.05) is 60.7 Å². The van der Waals surface area contributed by atoms with Gasteiger partial charge in [0, 0.05) is 18.7 Å². The molecule has 0 atom stereocenters. The Labute approximate surface area is 143 Å². The van der Waals surface area contributed by atoms with E-state index < -0.39 is 0 Å². The van der Waals surface area contributed by atoms with Crippen LogP contribution in [0.3, 0.4) is 0 Å². The van der Waals surface area contributed by atoms with Crippen molar-refractivity contribution in [1.29, 1.82) is 0 Å². The second-order valence-corrected chi connectivity index (χ2v) is 5.56. The predicted octanol–water partition coefficient (Wildman–Crippen LogP) is 3.60. The molecule has 0 spiro atoms. The number of benzene rings is 2. The van der Waals surface area contributed by atoms with Crippen molar-refractivity contribution in [3.8, 4) is 5.75 Å². The molecular weight excluding hydrogens is 300 g/mol. The lowest BCUT2D eigenvalue weighted by Gasteiger charge is -2.12. The minimum atomic E-state index is -0.179. The number of hydrogen-bond acceptors (Lipinski definition) is 2. The van der Waals surface area contributed by atoms with Crippen molar-refractivity contribution >= 4 is 6.03 Å². The van der Waals surface area contributed by atoms with Gasteiger partial charge >= 0.3 is 6.03 Å². The van der Waals surface area contributed by atoms with Gasteiger partial charge in [-0.15, -0.1) is 0 Å². The monoisotopic (exact) mass is 324 g/mol. The van der Waals surface area contributed by atoms with Crippen molar-refractivity contribution < 1.29 is 9.53 Å². The molecule has 0 aliphatic carbocycles.